The molecule has 2 aromatic rings. The molecule has 1 unspecified atom stereocenters. The quantitative estimate of drug-likeness (QED) is 0.270. The number of halogens is 2. The van der Waals surface area contributed by atoms with E-state index >= 15 is 0 Å². The molecule has 1 fully saturated rings. The lowest BCUT2D eigenvalue weighted by molar-refractivity contribution is -0.127. The molecule has 0 bridgehead atoms. The summed E-state index contributed by atoms with van der Waals surface area (Å²) in [5.74, 6) is 0.986. The Morgan fingerprint density at radius 2 is 1.91 bits per heavy atom. The van der Waals surface area contributed by atoms with Gasteiger partial charge in [-0.15, -0.1) is 24.0 Å². The van der Waals surface area contributed by atoms with E-state index in [1.54, 1.807) is 12.1 Å². The van der Waals surface area contributed by atoms with Gasteiger partial charge in [0, 0.05) is 43.9 Å². The summed E-state index contributed by atoms with van der Waals surface area (Å²) in [6, 6.07) is 17.0. The van der Waals surface area contributed by atoms with Crippen molar-refractivity contribution in [1.29, 1.82) is 0 Å². The number of nitrogens with one attached hydrogen (secondary N) is 2. The lowest BCUT2D eigenvalue weighted by Crippen LogP contribution is -2.41. The molecular formula is C26H36FIN4O. The van der Waals surface area contributed by atoms with Crippen molar-refractivity contribution in [1.82, 2.24) is 15.5 Å². The number of guanidine groups is 1. The second kappa shape index (κ2) is 12.9. The Balaban J connectivity index is 0.00000385. The van der Waals surface area contributed by atoms with Crippen LogP contribution in [0.1, 0.15) is 38.3 Å². The highest BCUT2D eigenvalue weighted by Crippen LogP contribution is 2.24. The summed E-state index contributed by atoms with van der Waals surface area (Å²) in [5.41, 5.74) is 1.89. The minimum atomic E-state index is -0.290. The van der Waals surface area contributed by atoms with Crippen LogP contribution in [0.15, 0.2) is 59.6 Å². The van der Waals surface area contributed by atoms with Gasteiger partial charge >= 0.3 is 0 Å². The number of hydrogen-bond acceptors (Lipinski definition) is 2. The van der Waals surface area contributed by atoms with Gasteiger partial charge in [-0.2, -0.15) is 0 Å². The fraction of sp³-hybridized carbons (Fsp3) is 0.462. The van der Waals surface area contributed by atoms with Crippen LogP contribution in [0.5, 0.6) is 0 Å². The van der Waals surface area contributed by atoms with Crippen molar-refractivity contribution in [3.05, 3.63) is 71.5 Å². The van der Waals surface area contributed by atoms with Crippen molar-refractivity contribution in [2.45, 2.75) is 39.0 Å². The highest BCUT2D eigenvalue weighted by molar-refractivity contribution is 14.0. The Morgan fingerprint density at radius 3 is 2.61 bits per heavy atom. The number of carbonyl (C=O) groups excluding carboxylic acids is 1. The summed E-state index contributed by atoms with van der Waals surface area (Å²) in [7, 11) is 0. The molecule has 0 aliphatic carbocycles. The van der Waals surface area contributed by atoms with Gasteiger partial charge in [-0.3, -0.25) is 9.79 Å². The number of benzene rings is 2. The summed E-state index contributed by atoms with van der Waals surface area (Å²) in [6.45, 7) is 9.66. The Morgan fingerprint density at radius 1 is 1.15 bits per heavy atom. The van der Waals surface area contributed by atoms with Gasteiger partial charge in [-0.05, 0) is 36.6 Å². The van der Waals surface area contributed by atoms with Gasteiger partial charge in [0.15, 0.2) is 5.96 Å². The van der Waals surface area contributed by atoms with Gasteiger partial charge < -0.3 is 15.5 Å². The first-order valence-electron chi connectivity index (χ1n) is 11.5. The zero-order chi connectivity index (χ0) is 23.0. The van der Waals surface area contributed by atoms with Crippen molar-refractivity contribution >= 4 is 35.8 Å². The van der Waals surface area contributed by atoms with Crippen LogP contribution in [-0.4, -0.2) is 49.5 Å². The van der Waals surface area contributed by atoms with E-state index < -0.39 is 0 Å². The molecule has 0 aromatic heterocycles. The molecular weight excluding hydrogens is 530 g/mol. The summed E-state index contributed by atoms with van der Waals surface area (Å²) >= 11 is 0. The molecule has 5 nitrogen and oxygen atoms in total. The Kier molecular flexibility index (Phi) is 10.6. The molecule has 1 amide bonds. The molecule has 0 spiro atoms. The summed E-state index contributed by atoms with van der Waals surface area (Å²) in [5, 5.41) is 6.68. The molecule has 33 heavy (non-hydrogen) atoms. The Labute approximate surface area is 214 Å². The first-order chi connectivity index (χ1) is 15.4. The standard InChI is InChI=1S/C26H35FN4O.HI/c1-4-28-25(30-19-26(2,3)22-11-8-12-23(27)16-22)29-17-21-15-24(32)31(18-21)14-13-20-9-6-5-7-10-20;/h5-12,16,21H,4,13-15,17-19H2,1-3H3,(H2,28,29,30);1H. The van der Waals surface area contributed by atoms with Crippen LogP contribution in [-0.2, 0) is 16.6 Å². The molecule has 1 aliphatic heterocycles. The van der Waals surface area contributed by atoms with Crippen molar-refractivity contribution in [3.63, 3.8) is 0 Å². The minimum Gasteiger partial charge on any atom is -0.357 e. The fourth-order valence-electron chi connectivity index (χ4n) is 3.98. The van der Waals surface area contributed by atoms with Gasteiger partial charge in [-0.1, -0.05) is 56.3 Å². The Bertz CT molecular complexity index is 920. The minimum absolute atomic E-state index is 0. The van der Waals surface area contributed by atoms with Crippen LogP contribution < -0.4 is 10.6 Å². The van der Waals surface area contributed by atoms with Crippen LogP contribution in [0.25, 0.3) is 0 Å². The number of likely N-dealkylation sites (tertiary alicyclic amines) is 1. The maximum atomic E-state index is 13.6. The maximum absolute atomic E-state index is 13.6. The molecule has 0 saturated carbocycles. The molecule has 0 radical (unpaired) electrons. The zero-order valence-electron chi connectivity index (χ0n) is 19.8. The molecule has 1 heterocycles. The third-order valence-electron chi connectivity index (χ3n) is 5.95. The third-order valence-corrected chi connectivity index (χ3v) is 5.95. The van der Waals surface area contributed by atoms with E-state index in [1.807, 2.05) is 36.1 Å². The van der Waals surface area contributed by atoms with E-state index in [2.05, 4.69) is 36.6 Å². The monoisotopic (exact) mass is 566 g/mol. The van der Waals surface area contributed by atoms with E-state index in [1.165, 1.54) is 11.6 Å². The average molecular weight is 567 g/mol. The van der Waals surface area contributed by atoms with Gasteiger partial charge in [-0.25, -0.2) is 4.39 Å². The third kappa shape index (κ3) is 8.28. The van der Waals surface area contributed by atoms with E-state index in [9.17, 15) is 9.18 Å². The van der Waals surface area contributed by atoms with Gasteiger partial charge in [0.2, 0.25) is 5.91 Å². The van der Waals surface area contributed by atoms with E-state index in [0.29, 0.717) is 19.5 Å². The molecule has 1 saturated heterocycles. The number of amides is 1. The van der Waals surface area contributed by atoms with Crippen LogP contribution in [0.2, 0.25) is 0 Å². The largest absolute Gasteiger partial charge is 0.357 e. The van der Waals surface area contributed by atoms with Gasteiger partial charge in [0.1, 0.15) is 5.82 Å². The number of carbonyl (C=O) groups is 1. The predicted octanol–water partition coefficient (Wildman–Crippen LogP) is 4.37. The van der Waals surface area contributed by atoms with Crippen LogP contribution in [0.4, 0.5) is 4.39 Å². The topological polar surface area (TPSA) is 56.7 Å². The SMILES string of the molecule is CCNC(=NCC(C)(C)c1cccc(F)c1)NCC1CC(=O)N(CCc2ccccc2)C1.I. The molecule has 2 aromatic carbocycles. The maximum Gasteiger partial charge on any atom is 0.223 e. The second-order valence-electron chi connectivity index (χ2n) is 9.12. The van der Waals surface area contributed by atoms with Gasteiger partial charge in [0.25, 0.3) is 0 Å². The zero-order valence-corrected chi connectivity index (χ0v) is 22.1. The van der Waals surface area contributed by atoms with Crippen LogP contribution in [0.3, 0.4) is 0 Å². The summed E-state index contributed by atoms with van der Waals surface area (Å²) in [4.78, 5) is 19.1. The number of aliphatic imine (C=N–C) groups is 1. The predicted molar refractivity (Wildman–Crippen MR) is 144 cm³/mol. The van der Waals surface area contributed by atoms with Crippen molar-refractivity contribution in [3.8, 4) is 0 Å². The highest BCUT2D eigenvalue weighted by atomic mass is 127. The molecule has 1 aliphatic rings. The highest BCUT2D eigenvalue weighted by Gasteiger charge is 2.29. The molecule has 180 valence electrons. The summed E-state index contributed by atoms with van der Waals surface area (Å²) < 4.78 is 13.6. The van der Waals surface area contributed by atoms with Crippen LogP contribution in [0, 0.1) is 11.7 Å². The molecule has 7 heteroatoms. The number of hydrogen-bond donors (Lipinski definition) is 2. The number of rotatable bonds is 9. The van der Waals surface area contributed by atoms with Crippen molar-refractivity contribution in [2.24, 2.45) is 10.9 Å². The normalized spacial score (nSPS) is 16.5. The first-order valence-corrected chi connectivity index (χ1v) is 11.5. The molecule has 1 atom stereocenters. The van der Waals surface area contributed by atoms with Crippen molar-refractivity contribution < 1.29 is 9.18 Å². The molecule has 2 N–H and O–H groups in total. The lowest BCUT2D eigenvalue weighted by atomic mass is 9.85. The Hall–Kier alpha value is -2.16. The van der Waals surface area contributed by atoms with Crippen LogP contribution >= 0.6 is 24.0 Å². The second-order valence-corrected chi connectivity index (χ2v) is 9.12. The van der Waals surface area contributed by atoms with E-state index in [0.717, 1.165) is 37.6 Å². The van der Waals surface area contributed by atoms with Crippen molar-refractivity contribution in [2.75, 3.05) is 32.7 Å². The smallest absolute Gasteiger partial charge is 0.223 e. The van der Waals surface area contributed by atoms with E-state index in [4.69, 9.17) is 4.99 Å². The first kappa shape index (κ1) is 27.1. The fourth-order valence-corrected chi connectivity index (χ4v) is 3.98. The van der Waals surface area contributed by atoms with Gasteiger partial charge in [0.05, 0.1) is 6.54 Å². The van der Waals surface area contributed by atoms with E-state index in [-0.39, 0.29) is 47.0 Å². The number of nitrogens with zero attached hydrogens (tertiary/aromatic N) is 2. The molecule has 3 rings (SSSR count). The summed E-state index contributed by atoms with van der Waals surface area (Å²) in [6.07, 6.45) is 1.45. The lowest BCUT2D eigenvalue weighted by Gasteiger charge is -2.24. The average Bonchev–Trinajstić information content (AvgIpc) is 3.14.